The van der Waals surface area contributed by atoms with Crippen molar-refractivity contribution in [3.63, 3.8) is 0 Å². The lowest BCUT2D eigenvalue weighted by molar-refractivity contribution is -0.138. The van der Waals surface area contributed by atoms with Crippen LogP contribution in [0.5, 0.6) is 0 Å². The van der Waals surface area contributed by atoms with E-state index in [4.69, 9.17) is 53.3 Å². The van der Waals surface area contributed by atoms with Crippen molar-refractivity contribution in [3.8, 4) is 0 Å². The highest BCUT2D eigenvalue weighted by atomic mass is 33.1. The molecule has 0 aromatic carbocycles. The average Bonchev–Trinajstić information content (AvgIpc) is 3.01. The van der Waals surface area contributed by atoms with Crippen LogP contribution in [0.1, 0.15) is 12.8 Å². The van der Waals surface area contributed by atoms with Gasteiger partial charge in [-0.1, -0.05) is 26.7 Å². The zero-order valence-electron chi connectivity index (χ0n) is 25.6. The number of carbonyl (C=O) groups is 2. The van der Waals surface area contributed by atoms with Gasteiger partial charge >= 0.3 is 5.97 Å². The van der Waals surface area contributed by atoms with Crippen molar-refractivity contribution >= 4 is 33.5 Å². The molecular weight excluding hydrogens is 624 g/mol. The van der Waals surface area contributed by atoms with Gasteiger partial charge in [0.05, 0.1) is 125 Å². The van der Waals surface area contributed by atoms with Gasteiger partial charge in [0.25, 0.3) is 0 Å². The van der Waals surface area contributed by atoms with E-state index < -0.39 is 5.97 Å². The molecule has 0 aromatic rings. The second kappa shape index (κ2) is 37.8. The molecule has 0 unspecified atom stereocenters. The summed E-state index contributed by atoms with van der Waals surface area (Å²) >= 11 is 0. The summed E-state index contributed by atoms with van der Waals surface area (Å²) in [4.78, 5) is 24.7. The number of amides is 1. The molecule has 0 saturated carbocycles. The number of rotatable bonds is 37. The molecule has 0 heterocycles. The summed E-state index contributed by atoms with van der Waals surface area (Å²) in [5, 5.41) is 14.7. The molecule has 18 heteroatoms. The predicted octanol–water partition coefficient (Wildman–Crippen LogP) is 1.81. The van der Waals surface area contributed by atoms with E-state index in [9.17, 15) is 9.59 Å². The Balaban J connectivity index is 3.11. The largest absolute Gasteiger partial charge is 0.481 e. The third kappa shape index (κ3) is 38.6. The highest BCUT2D eigenvalue weighted by molar-refractivity contribution is 8.76. The number of carboxylic acid groups (broad SMARTS) is 1. The van der Waals surface area contributed by atoms with Crippen LogP contribution in [0.2, 0.25) is 0 Å². The van der Waals surface area contributed by atoms with Gasteiger partial charge in [-0.2, -0.15) is 0 Å². The molecule has 0 aliphatic carbocycles. The minimum Gasteiger partial charge on any atom is -0.481 e. The number of hydrogen-bond donors (Lipinski definition) is 2. The fourth-order valence-corrected chi connectivity index (χ4v) is 4.59. The maximum atomic E-state index is 11.7. The van der Waals surface area contributed by atoms with Gasteiger partial charge in [-0.15, -0.1) is 0 Å². The first-order valence-electron chi connectivity index (χ1n) is 14.6. The number of carboxylic acids is 1. The van der Waals surface area contributed by atoms with E-state index >= 15 is 0 Å². The first-order chi connectivity index (χ1) is 21.7. The Labute approximate surface area is 267 Å². The van der Waals surface area contributed by atoms with Crippen LogP contribution < -0.4 is 5.32 Å². The van der Waals surface area contributed by atoms with Crippen molar-refractivity contribution in [2.75, 3.05) is 144 Å². The molecule has 0 aliphatic heterocycles. The van der Waals surface area contributed by atoms with Gasteiger partial charge in [-0.05, 0) is 5.53 Å². The molecule has 0 spiro atoms. The lowest BCUT2D eigenvalue weighted by atomic mass is 10.4. The number of azide groups is 1. The van der Waals surface area contributed by atoms with E-state index in [1.54, 1.807) is 21.6 Å². The highest BCUT2D eigenvalue weighted by Gasteiger charge is 2.01. The van der Waals surface area contributed by atoms with Crippen molar-refractivity contribution in [2.24, 2.45) is 5.11 Å². The Bertz CT molecular complexity index is 697. The van der Waals surface area contributed by atoms with E-state index in [0.29, 0.717) is 138 Å². The van der Waals surface area contributed by atoms with Crippen molar-refractivity contribution in [1.29, 1.82) is 0 Å². The van der Waals surface area contributed by atoms with Crippen molar-refractivity contribution < 1.29 is 57.3 Å². The quantitative estimate of drug-likeness (QED) is 0.0318. The van der Waals surface area contributed by atoms with Crippen LogP contribution in [-0.4, -0.2) is 161 Å². The zero-order chi connectivity index (χ0) is 32.0. The van der Waals surface area contributed by atoms with Crippen molar-refractivity contribution in [1.82, 2.24) is 5.32 Å². The SMILES string of the molecule is [N-]=[N+]=NCCSSCCC(=O)NCCOCCOCCOCCOCCOCCOCCOCCOCCOCCC(=O)O. The summed E-state index contributed by atoms with van der Waals surface area (Å²) in [5.74, 6) is 0.551. The molecule has 258 valence electrons. The average molecular weight is 675 g/mol. The van der Waals surface area contributed by atoms with Gasteiger partial charge in [0.15, 0.2) is 0 Å². The van der Waals surface area contributed by atoms with E-state index in [0.717, 1.165) is 5.75 Å². The molecule has 0 radical (unpaired) electrons. The van der Waals surface area contributed by atoms with Gasteiger partial charge in [-0.3, -0.25) is 9.59 Å². The van der Waals surface area contributed by atoms with Crippen LogP contribution >= 0.6 is 21.6 Å². The molecule has 0 saturated heterocycles. The highest BCUT2D eigenvalue weighted by Crippen LogP contribution is 2.21. The Hall–Kier alpha value is -1.41. The smallest absolute Gasteiger partial charge is 0.305 e. The maximum Gasteiger partial charge on any atom is 0.305 e. The Morgan fingerprint density at radius 2 is 0.932 bits per heavy atom. The standard InChI is InChI=1S/C26H50N4O12S2/c27-30-29-4-24-44-43-23-2-25(31)28-3-6-35-8-10-37-12-14-39-16-18-41-20-22-42-21-19-40-17-15-38-13-11-36-9-7-34-5-1-26(32)33/h1-24H2,(H,28,31)(H,32,33). The van der Waals surface area contributed by atoms with Crippen molar-refractivity contribution in [3.05, 3.63) is 10.4 Å². The number of ether oxygens (including phenoxy) is 9. The number of aliphatic carboxylic acids is 1. The summed E-state index contributed by atoms with van der Waals surface area (Å²) in [6.07, 6.45) is 0.431. The van der Waals surface area contributed by atoms with E-state index in [-0.39, 0.29) is 18.9 Å². The number of nitrogens with one attached hydrogen (secondary N) is 1. The molecule has 0 aromatic heterocycles. The summed E-state index contributed by atoms with van der Waals surface area (Å²) in [6, 6.07) is 0. The number of nitrogens with zero attached hydrogens (tertiary/aromatic N) is 3. The van der Waals surface area contributed by atoms with E-state index in [1.807, 2.05) is 0 Å². The van der Waals surface area contributed by atoms with Crippen LogP contribution in [-0.2, 0) is 52.2 Å². The maximum absolute atomic E-state index is 11.7. The van der Waals surface area contributed by atoms with Crippen LogP contribution in [0.15, 0.2) is 5.11 Å². The topological polar surface area (TPSA) is 198 Å². The number of carbonyl (C=O) groups excluding carboxylic acids is 1. The van der Waals surface area contributed by atoms with Crippen LogP contribution in [0, 0.1) is 0 Å². The molecule has 0 aliphatic rings. The Morgan fingerprint density at radius 3 is 1.32 bits per heavy atom. The third-order valence-corrected chi connectivity index (χ3v) is 7.23. The summed E-state index contributed by atoms with van der Waals surface area (Å²) in [5.41, 5.74) is 8.18. The normalized spacial score (nSPS) is 11.0. The third-order valence-electron chi connectivity index (χ3n) is 4.84. The Morgan fingerprint density at radius 1 is 0.568 bits per heavy atom. The molecule has 16 nitrogen and oxygen atoms in total. The molecule has 0 fully saturated rings. The Kier molecular flexibility index (Phi) is 36.6. The minimum absolute atomic E-state index is 0.00700. The first kappa shape index (κ1) is 42.6. The molecule has 0 rings (SSSR count). The minimum atomic E-state index is -0.879. The lowest BCUT2D eigenvalue weighted by Crippen LogP contribution is -2.27. The fourth-order valence-electron chi connectivity index (χ4n) is 2.75. The first-order valence-corrected chi connectivity index (χ1v) is 17.1. The van der Waals surface area contributed by atoms with Gasteiger partial charge in [0, 0.05) is 35.9 Å². The van der Waals surface area contributed by atoms with Crippen LogP contribution in [0.4, 0.5) is 0 Å². The molecule has 0 atom stereocenters. The van der Waals surface area contributed by atoms with Gasteiger partial charge < -0.3 is 53.1 Å². The molecule has 44 heavy (non-hydrogen) atoms. The fraction of sp³-hybridized carbons (Fsp3) is 0.923. The van der Waals surface area contributed by atoms with Crippen molar-refractivity contribution in [2.45, 2.75) is 12.8 Å². The van der Waals surface area contributed by atoms with Gasteiger partial charge in [0.1, 0.15) is 0 Å². The lowest BCUT2D eigenvalue weighted by Gasteiger charge is -2.09. The monoisotopic (exact) mass is 674 g/mol. The number of hydrogen-bond acceptors (Lipinski definition) is 14. The summed E-state index contributed by atoms with van der Waals surface area (Å²) < 4.78 is 48.4. The molecule has 1 amide bonds. The van der Waals surface area contributed by atoms with Gasteiger partial charge in [-0.25, -0.2) is 0 Å². The molecule has 0 bridgehead atoms. The van der Waals surface area contributed by atoms with Crippen LogP contribution in [0.3, 0.4) is 0 Å². The van der Waals surface area contributed by atoms with E-state index in [1.165, 1.54) is 0 Å². The van der Waals surface area contributed by atoms with E-state index in [2.05, 4.69) is 15.3 Å². The zero-order valence-corrected chi connectivity index (χ0v) is 27.2. The van der Waals surface area contributed by atoms with Gasteiger partial charge in [0.2, 0.25) is 5.91 Å². The van der Waals surface area contributed by atoms with Crippen LogP contribution in [0.25, 0.3) is 10.4 Å². The second-order valence-electron chi connectivity index (χ2n) is 8.35. The summed E-state index contributed by atoms with van der Waals surface area (Å²) in [6.45, 7) is 8.80. The predicted molar refractivity (Wildman–Crippen MR) is 166 cm³/mol. The summed E-state index contributed by atoms with van der Waals surface area (Å²) in [7, 11) is 3.17. The molecule has 2 N–H and O–H groups in total. The molecular formula is C26H50N4O12S2. The second-order valence-corrected chi connectivity index (χ2v) is 11.1.